The molecule has 0 saturated carbocycles. The average Bonchev–Trinajstić information content (AvgIpc) is 2.59. The van der Waals surface area contributed by atoms with Gasteiger partial charge in [-0.25, -0.2) is 13.2 Å². The fourth-order valence-corrected chi connectivity index (χ4v) is 2.05. The predicted octanol–water partition coefficient (Wildman–Crippen LogP) is 3.44. The molecule has 0 aliphatic heterocycles. The third-order valence-corrected chi connectivity index (χ3v) is 3.75. The van der Waals surface area contributed by atoms with Crippen LogP contribution < -0.4 is 10.1 Å². The summed E-state index contributed by atoms with van der Waals surface area (Å²) in [5.74, 6) is -2.15. The van der Waals surface area contributed by atoms with Crippen molar-refractivity contribution in [3.63, 3.8) is 0 Å². The van der Waals surface area contributed by atoms with Gasteiger partial charge in [-0.3, -0.25) is 9.69 Å². The van der Waals surface area contributed by atoms with Crippen molar-refractivity contribution in [2.75, 3.05) is 25.5 Å². The number of benzene rings is 2. The molecule has 4 nitrogen and oxygen atoms in total. The lowest BCUT2D eigenvalue weighted by Gasteiger charge is -2.23. The van der Waals surface area contributed by atoms with Gasteiger partial charge >= 0.3 is 0 Å². The zero-order valence-corrected chi connectivity index (χ0v) is 13.9. The van der Waals surface area contributed by atoms with Crippen molar-refractivity contribution in [1.29, 1.82) is 0 Å². The summed E-state index contributed by atoms with van der Waals surface area (Å²) in [7, 11) is 1.74. The number of amides is 1. The summed E-state index contributed by atoms with van der Waals surface area (Å²) in [6, 6.07) is 8.32. The van der Waals surface area contributed by atoms with E-state index in [9.17, 15) is 18.0 Å². The van der Waals surface area contributed by atoms with E-state index in [1.807, 2.05) is 0 Å². The van der Waals surface area contributed by atoms with Gasteiger partial charge in [0.25, 0.3) is 0 Å². The predicted molar refractivity (Wildman–Crippen MR) is 89.0 cm³/mol. The Morgan fingerprint density at radius 1 is 1.12 bits per heavy atom. The van der Waals surface area contributed by atoms with Crippen LogP contribution >= 0.6 is 0 Å². The Balaban J connectivity index is 1.81. The molecule has 2 aromatic carbocycles. The minimum absolute atomic E-state index is 0.187. The van der Waals surface area contributed by atoms with Gasteiger partial charge in [0.15, 0.2) is 11.6 Å². The monoisotopic (exact) mass is 352 g/mol. The Kier molecular flexibility index (Phi) is 6.41. The van der Waals surface area contributed by atoms with Crippen molar-refractivity contribution in [1.82, 2.24) is 4.90 Å². The minimum Gasteiger partial charge on any atom is -0.492 e. The fraction of sp³-hybridized carbons (Fsp3) is 0.278. The quantitative estimate of drug-likeness (QED) is 0.830. The van der Waals surface area contributed by atoms with E-state index in [4.69, 9.17) is 4.74 Å². The van der Waals surface area contributed by atoms with Crippen LogP contribution in [0.15, 0.2) is 42.5 Å². The van der Waals surface area contributed by atoms with Gasteiger partial charge in [0.2, 0.25) is 5.91 Å². The van der Waals surface area contributed by atoms with Gasteiger partial charge in [-0.05, 0) is 50.4 Å². The minimum atomic E-state index is -1.02. The molecule has 1 amide bonds. The largest absolute Gasteiger partial charge is 0.492 e. The second-order valence-electron chi connectivity index (χ2n) is 5.58. The molecule has 0 saturated heterocycles. The van der Waals surface area contributed by atoms with Crippen LogP contribution in [0.25, 0.3) is 0 Å². The first-order valence-corrected chi connectivity index (χ1v) is 7.71. The summed E-state index contributed by atoms with van der Waals surface area (Å²) in [6.07, 6.45) is 0. The van der Waals surface area contributed by atoms with Crippen LogP contribution in [0, 0.1) is 17.5 Å². The maximum absolute atomic E-state index is 13.2. The number of carbonyl (C=O) groups excluding carboxylic acids is 1. The Hall–Kier alpha value is -2.54. The first-order chi connectivity index (χ1) is 11.9. The van der Waals surface area contributed by atoms with Crippen LogP contribution in [0.3, 0.4) is 0 Å². The SMILES string of the molecule is CC(C(=O)Nc1ccc(F)c(F)c1)N(C)CCOc1ccc(F)cc1. The standard InChI is InChI=1S/C18H19F3N2O2/c1-12(18(24)22-14-5-8-16(20)17(21)11-14)23(2)9-10-25-15-6-3-13(19)4-7-15/h3-8,11-12H,9-10H2,1-2H3,(H,22,24). The molecule has 0 bridgehead atoms. The molecular weight excluding hydrogens is 333 g/mol. The van der Waals surface area contributed by atoms with E-state index in [-0.39, 0.29) is 17.4 Å². The molecule has 1 unspecified atom stereocenters. The molecular formula is C18H19F3N2O2. The van der Waals surface area contributed by atoms with Crippen molar-refractivity contribution >= 4 is 11.6 Å². The molecule has 0 heterocycles. The van der Waals surface area contributed by atoms with Gasteiger partial charge in [0.1, 0.15) is 18.2 Å². The van der Waals surface area contributed by atoms with Crippen LogP contribution in [0.4, 0.5) is 18.9 Å². The maximum Gasteiger partial charge on any atom is 0.241 e. The van der Waals surface area contributed by atoms with Gasteiger partial charge in [-0.1, -0.05) is 0 Å². The summed E-state index contributed by atoms with van der Waals surface area (Å²) in [5, 5.41) is 2.54. The molecule has 0 spiro atoms. The lowest BCUT2D eigenvalue weighted by molar-refractivity contribution is -0.120. The van der Waals surface area contributed by atoms with Crippen molar-refractivity contribution in [2.24, 2.45) is 0 Å². The average molecular weight is 352 g/mol. The van der Waals surface area contributed by atoms with E-state index in [0.717, 1.165) is 12.1 Å². The molecule has 0 aromatic heterocycles. The number of nitrogens with zero attached hydrogens (tertiary/aromatic N) is 1. The summed E-state index contributed by atoms with van der Waals surface area (Å²) < 4.78 is 44.3. The molecule has 1 N–H and O–H groups in total. The van der Waals surface area contributed by atoms with Gasteiger partial charge in [-0.15, -0.1) is 0 Å². The van der Waals surface area contributed by atoms with Gasteiger partial charge in [-0.2, -0.15) is 0 Å². The molecule has 134 valence electrons. The molecule has 0 aliphatic carbocycles. The van der Waals surface area contributed by atoms with Crippen molar-refractivity contribution < 1.29 is 22.7 Å². The van der Waals surface area contributed by atoms with Crippen LogP contribution in [0.2, 0.25) is 0 Å². The van der Waals surface area contributed by atoms with E-state index in [0.29, 0.717) is 18.9 Å². The number of rotatable bonds is 7. The van der Waals surface area contributed by atoms with E-state index in [2.05, 4.69) is 5.32 Å². The van der Waals surface area contributed by atoms with E-state index < -0.39 is 17.7 Å². The number of likely N-dealkylation sites (N-methyl/N-ethyl adjacent to an activating group) is 1. The van der Waals surface area contributed by atoms with Crippen LogP contribution in [-0.2, 0) is 4.79 Å². The summed E-state index contributed by atoms with van der Waals surface area (Å²) in [6.45, 7) is 2.45. The third kappa shape index (κ3) is 5.49. The zero-order chi connectivity index (χ0) is 18.4. The summed E-state index contributed by atoms with van der Waals surface area (Å²) >= 11 is 0. The zero-order valence-electron chi connectivity index (χ0n) is 13.9. The number of ether oxygens (including phenoxy) is 1. The topological polar surface area (TPSA) is 41.6 Å². The second-order valence-corrected chi connectivity index (χ2v) is 5.58. The highest BCUT2D eigenvalue weighted by atomic mass is 19.2. The van der Waals surface area contributed by atoms with Crippen molar-refractivity contribution in [3.05, 3.63) is 59.9 Å². The van der Waals surface area contributed by atoms with Crippen LogP contribution in [0.5, 0.6) is 5.75 Å². The molecule has 2 aromatic rings. The number of halogens is 3. The second kappa shape index (κ2) is 8.53. The number of anilines is 1. The molecule has 0 fully saturated rings. The first kappa shape index (κ1) is 18.8. The highest BCUT2D eigenvalue weighted by molar-refractivity contribution is 5.94. The Morgan fingerprint density at radius 3 is 2.44 bits per heavy atom. The highest BCUT2D eigenvalue weighted by Gasteiger charge is 2.18. The Morgan fingerprint density at radius 2 is 1.80 bits per heavy atom. The normalized spacial score (nSPS) is 12.1. The van der Waals surface area contributed by atoms with E-state index >= 15 is 0 Å². The Bertz CT molecular complexity index is 723. The number of hydrogen-bond donors (Lipinski definition) is 1. The Labute approximate surface area is 144 Å². The number of carbonyl (C=O) groups is 1. The third-order valence-electron chi connectivity index (χ3n) is 3.75. The number of hydrogen-bond acceptors (Lipinski definition) is 3. The molecule has 7 heteroatoms. The van der Waals surface area contributed by atoms with Crippen molar-refractivity contribution in [3.8, 4) is 5.75 Å². The lowest BCUT2D eigenvalue weighted by Crippen LogP contribution is -2.41. The van der Waals surface area contributed by atoms with E-state index in [1.54, 1.807) is 18.9 Å². The van der Waals surface area contributed by atoms with Gasteiger partial charge in [0, 0.05) is 18.3 Å². The summed E-state index contributed by atoms with van der Waals surface area (Å²) in [5.41, 5.74) is 0.187. The molecule has 0 radical (unpaired) electrons. The lowest BCUT2D eigenvalue weighted by atomic mass is 10.2. The molecule has 0 aliphatic rings. The van der Waals surface area contributed by atoms with Crippen molar-refractivity contribution in [2.45, 2.75) is 13.0 Å². The van der Waals surface area contributed by atoms with Gasteiger partial charge < -0.3 is 10.1 Å². The first-order valence-electron chi connectivity index (χ1n) is 7.71. The maximum atomic E-state index is 13.2. The number of nitrogens with one attached hydrogen (secondary N) is 1. The summed E-state index contributed by atoms with van der Waals surface area (Å²) in [4.78, 5) is 13.9. The smallest absolute Gasteiger partial charge is 0.241 e. The molecule has 25 heavy (non-hydrogen) atoms. The molecule has 1 atom stereocenters. The molecule has 2 rings (SSSR count). The van der Waals surface area contributed by atoms with E-state index in [1.165, 1.54) is 30.3 Å². The van der Waals surface area contributed by atoms with Crippen LogP contribution in [0.1, 0.15) is 6.92 Å². The van der Waals surface area contributed by atoms with Crippen LogP contribution in [-0.4, -0.2) is 37.0 Å². The fourth-order valence-electron chi connectivity index (χ4n) is 2.05. The van der Waals surface area contributed by atoms with Gasteiger partial charge in [0.05, 0.1) is 6.04 Å². The highest BCUT2D eigenvalue weighted by Crippen LogP contribution is 2.14.